The Hall–Kier alpha value is -5.58. The Labute approximate surface area is 340 Å². The summed E-state index contributed by atoms with van der Waals surface area (Å²) in [7, 11) is 1.30. The Morgan fingerprint density at radius 3 is 2.34 bits per heavy atom. The molecule has 2 unspecified atom stereocenters. The van der Waals surface area contributed by atoms with Gasteiger partial charge in [0.15, 0.2) is 0 Å². The summed E-state index contributed by atoms with van der Waals surface area (Å²) in [6, 6.07) is 20.4. The molecule has 0 spiro atoms. The third kappa shape index (κ3) is 7.47. The van der Waals surface area contributed by atoms with E-state index in [2.05, 4.69) is 75.2 Å². The molecule has 2 bridgehead atoms. The molecule has 2 aliphatic heterocycles. The van der Waals surface area contributed by atoms with Gasteiger partial charge in [-0.2, -0.15) is 0 Å². The maximum atomic E-state index is 13.8. The van der Waals surface area contributed by atoms with Gasteiger partial charge in [0.05, 0.1) is 25.0 Å². The normalized spacial score (nSPS) is 24.1. The molecule has 11 nitrogen and oxygen atoms in total. The number of amides is 3. The highest BCUT2D eigenvalue weighted by atomic mass is 16.5. The average molecular weight is 780 g/mol. The molecule has 3 aliphatic carbocycles. The van der Waals surface area contributed by atoms with Crippen LogP contribution >= 0.6 is 0 Å². The highest BCUT2D eigenvalue weighted by Gasteiger charge is 2.52. The lowest BCUT2D eigenvalue weighted by Gasteiger charge is -2.30. The number of H-pyrrole nitrogens is 1. The lowest BCUT2D eigenvalue weighted by molar-refractivity contribution is -0.135. The van der Waals surface area contributed by atoms with Crippen molar-refractivity contribution in [3.8, 4) is 22.4 Å². The number of ether oxygens (including phenoxy) is 1. The highest BCUT2D eigenvalue weighted by molar-refractivity contribution is 6.02. The van der Waals surface area contributed by atoms with Crippen molar-refractivity contribution >= 4 is 29.2 Å². The van der Waals surface area contributed by atoms with Crippen molar-refractivity contribution in [1.29, 1.82) is 0 Å². The minimum absolute atomic E-state index is 0.00841. The molecule has 4 fully saturated rings. The molecule has 2 aromatic carbocycles. The van der Waals surface area contributed by atoms with Crippen LogP contribution in [-0.2, 0) is 20.9 Å². The summed E-state index contributed by atoms with van der Waals surface area (Å²) in [4.78, 5) is 59.0. The number of likely N-dealkylation sites (tertiary alicyclic amines) is 1. The third-order valence-corrected chi connectivity index (χ3v) is 13.3. The first kappa shape index (κ1) is 38.0. The molecule has 3 amide bonds. The quantitative estimate of drug-likeness (QED) is 0.132. The van der Waals surface area contributed by atoms with Crippen LogP contribution < -0.4 is 10.6 Å². The smallest absolute Gasteiger partial charge is 0.407 e. The number of nitrogens with zero attached hydrogens (tertiary/aromatic N) is 4. The second kappa shape index (κ2) is 16.0. The Morgan fingerprint density at radius 2 is 1.62 bits per heavy atom. The van der Waals surface area contributed by atoms with E-state index in [0.29, 0.717) is 30.8 Å². The Bertz CT molecular complexity index is 2240. The van der Waals surface area contributed by atoms with Gasteiger partial charge >= 0.3 is 6.09 Å². The number of allylic oxidation sites excluding steroid dienone is 1. The van der Waals surface area contributed by atoms with Gasteiger partial charge in [-0.25, -0.2) is 9.78 Å². The first-order chi connectivity index (χ1) is 28.2. The van der Waals surface area contributed by atoms with Crippen LogP contribution in [0.5, 0.6) is 0 Å². The second-order valence-electron chi connectivity index (χ2n) is 17.3. The van der Waals surface area contributed by atoms with Gasteiger partial charge in [0.1, 0.15) is 11.9 Å². The van der Waals surface area contributed by atoms with Gasteiger partial charge < -0.3 is 25.3 Å². The molecule has 1 saturated heterocycles. The fourth-order valence-corrected chi connectivity index (χ4v) is 10.2. The lowest BCUT2D eigenvalue weighted by atomic mass is 9.75. The van der Waals surface area contributed by atoms with E-state index in [1.807, 2.05) is 43.4 Å². The molecule has 4 aromatic rings. The van der Waals surface area contributed by atoms with Crippen molar-refractivity contribution in [2.75, 3.05) is 13.7 Å². The fourth-order valence-electron chi connectivity index (χ4n) is 10.2. The van der Waals surface area contributed by atoms with Gasteiger partial charge in [0, 0.05) is 61.1 Å². The Morgan fingerprint density at radius 1 is 0.897 bits per heavy atom. The summed E-state index contributed by atoms with van der Waals surface area (Å²) in [5, 5.41) is 6.04. The summed E-state index contributed by atoms with van der Waals surface area (Å²) in [5.41, 5.74) is 10.00. The van der Waals surface area contributed by atoms with Crippen molar-refractivity contribution < 1.29 is 19.1 Å². The monoisotopic (exact) mass is 779 g/mol. The molecular formula is C47H53N7O4. The van der Waals surface area contributed by atoms with Gasteiger partial charge in [-0.15, -0.1) is 0 Å². The van der Waals surface area contributed by atoms with Crippen LogP contribution in [0.4, 0.5) is 4.79 Å². The number of alkyl carbamates (subject to hydrolysis) is 1. The van der Waals surface area contributed by atoms with Gasteiger partial charge in [0.25, 0.3) is 0 Å². The molecule has 3 N–H and O–H groups in total. The molecule has 11 heteroatoms. The van der Waals surface area contributed by atoms with Crippen LogP contribution in [0.1, 0.15) is 99.8 Å². The predicted octanol–water partition coefficient (Wildman–Crippen LogP) is 8.22. The van der Waals surface area contributed by atoms with Gasteiger partial charge in [-0.05, 0) is 102 Å². The van der Waals surface area contributed by atoms with Crippen molar-refractivity contribution in [3.05, 3.63) is 102 Å². The summed E-state index contributed by atoms with van der Waals surface area (Å²) in [6.07, 6.45) is 13.4. The minimum atomic E-state index is -0.673. The van der Waals surface area contributed by atoms with E-state index in [0.717, 1.165) is 77.1 Å². The molecule has 4 heterocycles. The Kier molecular flexibility index (Phi) is 10.5. The summed E-state index contributed by atoms with van der Waals surface area (Å²) in [5.74, 6) is 2.44. The first-order valence-corrected chi connectivity index (χ1v) is 21.1. The summed E-state index contributed by atoms with van der Waals surface area (Å²) in [6.45, 7) is 4.99. The second-order valence-corrected chi connectivity index (χ2v) is 17.3. The van der Waals surface area contributed by atoms with E-state index in [9.17, 15) is 14.4 Å². The van der Waals surface area contributed by atoms with Gasteiger partial charge in [-0.3, -0.25) is 19.6 Å². The molecule has 6 atom stereocenters. The number of pyridine rings is 1. The number of hydrogen-bond donors (Lipinski definition) is 3. The number of imidazole rings is 1. The maximum Gasteiger partial charge on any atom is 0.407 e. The van der Waals surface area contributed by atoms with Crippen molar-refractivity contribution in [2.45, 2.75) is 89.8 Å². The number of rotatable bonds is 12. The lowest BCUT2D eigenvalue weighted by Crippen LogP contribution is -2.51. The van der Waals surface area contributed by atoms with E-state index < -0.39 is 12.1 Å². The predicted molar refractivity (Wildman–Crippen MR) is 223 cm³/mol. The number of hydrogen-bond acceptors (Lipinski definition) is 7. The number of methoxy groups -OCH3 is 1. The molecule has 5 aliphatic rings. The van der Waals surface area contributed by atoms with E-state index in [4.69, 9.17) is 14.7 Å². The average Bonchev–Trinajstić information content (AvgIpc) is 3.82. The maximum absolute atomic E-state index is 13.8. The largest absolute Gasteiger partial charge is 0.453 e. The zero-order valence-electron chi connectivity index (χ0n) is 33.6. The van der Waals surface area contributed by atoms with Crippen LogP contribution in [0.3, 0.4) is 0 Å². The molecule has 300 valence electrons. The highest BCUT2D eigenvalue weighted by Crippen LogP contribution is 2.54. The molecule has 2 aromatic heterocycles. The fraction of sp³-hybridized carbons (Fsp3) is 0.447. The van der Waals surface area contributed by atoms with Crippen LogP contribution in [-0.4, -0.2) is 63.2 Å². The molecule has 58 heavy (non-hydrogen) atoms. The van der Waals surface area contributed by atoms with E-state index in [1.165, 1.54) is 37.7 Å². The number of nitrogens with one attached hydrogen (secondary N) is 3. The standard InChI is InChI=1S/C47H53N7O4/c1-27(2)42(53-47(57)58-3)46(56)54-21-5-7-39(54)44-50-26-38(52-44)31-14-12-29(13-15-31)28-8-10-30(11-9-28)36-23-37(49-25-36)40-33-18-19-34(22-33)41(40)45(55)51-24-35-6-4-20-48-43(35)32-16-17-32/h4,6,8-15,20,25-27,32-34,39-42H,5,7,16-19,21-24H2,1-3H3,(H,50,52)(H,51,55)(H,53,57)/t33?,34?,39-,40-,41+,42-/m0/s1. The number of aromatic nitrogens is 3. The minimum Gasteiger partial charge on any atom is -0.453 e. The SMILES string of the molecule is COC(=O)N[C@H](C(=O)N1CCC[C@H]1c1ncc(-c2ccc(-c3ccc(C4=CN=C([C@@H]5C6CCC(C6)[C@H]5C(=O)NCc5cccnc5C5CC5)C4)cc3)cc2)[nH]1)C(C)C. The Balaban J connectivity index is 0.819. The third-order valence-electron chi connectivity index (χ3n) is 13.3. The van der Waals surface area contributed by atoms with E-state index in [1.54, 1.807) is 0 Å². The topological polar surface area (TPSA) is 142 Å². The molecule has 0 radical (unpaired) electrons. The molecule has 3 saturated carbocycles. The van der Waals surface area contributed by atoms with Gasteiger partial charge in [-0.1, -0.05) is 68.4 Å². The molecule has 9 rings (SSSR count). The number of benzene rings is 2. The number of carbonyl (C=O) groups excluding carboxylic acids is 3. The summed E-state index contributed by atoms with van der Waals surface area (Å²) < 4.78 is 4.77. The van der Waals surface area contributed by atoms with Crippen molar-refractivity contribution in [1.82, 2.24) is 30.5 Å². The van der Waals surface area contributed by atoms with Crippen LogP contribution in [0, 0.1) is 29.6 Å². The molecular weight excluding hydrogens is 727 g/mol. The van der Waals surface area contributed by atoms with Crippen molar-refractivity contribution in [2.24, 2.45) is 34.6 Å². The van der Waals surface area contributed by atoms with Crippen LogP contribution in [0.15, 0.2) is 84.2 Å². The van der Waals surface area contributed by atoms with E-state index >= 15 is 0 Å². The van der Waals surface area contributed by atoms with Gasteiger partial charge in [0.2, 0.25) is 11.8 Å². The number of aromatic amines is 1. The number of fused-ring (bicyclic) bond motifs is 2. The zero-order valence-corrected chi connectivity index (χ0v) is 33.6. The first-order valence-electron chi connectivity index (χ1n) is 21.1. The van der Waals surface area contributed by atoms with Crippen molar-refractivity contribution in [3.63, 3.8) is 0 Å². The summed E-state index contributed by atoms with van der Waals surface area (Å²) >= 11 is 0. The zero-order chi connectivity index (χ0) is 39.9. The van der Waals surface area contributed by atoms with Crippen LogP contribution in [0.25, 0.3) is 28.0 Å². The van der Waals surface area contributed by atoms with E-state index in [-0.39, 0.29) is 35.6 Å². The van der Waals surface area contributed by atoms with Crippen LogP contribution in [0.2, 0.25) is 0 Å². The number of carbonyl (C=O) groups is 3. The number of aliphatic imine (C=N–C) groups is 1.